The van der Waals surface area contributed by atoms with Crippen molar-refractivity contribution in [3.63, 3.8) is 0 Å². The predicted octanol–water partition coefficient (Wildman–Crippen LogP) is 4.04. The lowest BCUT2D eigenvalue weighted by atomic mass is 10.1. The van der Waals surface area contributed by atoms with Crippen LogP contribution >= 0.6 is 0 Å². The predicted molar refractivity (Wildman–Crippen MR) is 92.2 cm³/mol. The second kappa shape index (κ2) is 8.02. The largest absolute Gasteiger partial charge is 0.416 e. The number of halogens is 3. The summed E-state index contributed by atoms with van der Waals surface area (Å²) in [7, 11) is 1.72. The Hall–Kier alpha value is -2.85. The number of nitrogens with zero attached hydrogens (tertiary/aromatic N) is 2. The second-order valence-electron chi connectivity index (χ2n) is 5.96. The number of carbonyl (C=O) groups is 1. The van der Waals surface area contributed by atoms with Crippen molar-refractivity contribution in [2.75, 3.05) is 12.4 Å². The first-order valence-corrected chi connectivity index (χ1v) is 7.88. The monoisotopic (exact) mass is 361 g/mol. The first kappa shape index (κ1) is 19.5. The van der Waals surface area contributed by atoms with Gasteiger partial charge in [-0.05, 0) is 55.9 Å². The van der Waals surface area contributed by atoms with Gasteiger partial charge in [0.25, 0.3) is 0 Å². The third-order valence-electron chi connectivity index (χ3n) is 4.04. The molecule has 0 radical (unpaired) electrons. The van der Waals surface area contributed by atoms with Crippen molar-refractivity contribution in [3.05, 3.63) is 65.2 Å². The summed E-state index contributed by atoms with van der Waals surface area (Å²) in [4.78, 5) is 14.1. The molecule has 0 heterocycles. The van der Waals surface area contributed by atoms with Crippen LogP contribution in [0.5, 0.6) is 0 Å². The summed E-state index contributed by atoms with van der Waals surface area (Å²) >= 11 is 0. The molecule has 2 aromatic carbocycles. The number of carbonyl (C=O) groups excluding carboxylic acids is 1. The van der Waals surface area contributed by atoms with E-state index in [1.54, 1.807) is 43.1 Å². The van der Waals surface area contributed by atoms with Gasteiger partial charge in [0.05, 0.1) is 23.2 Å². The summed E-state index contributed by atoms with van der Waals surface area (Å²) in [6, 6.07) is 12.9. The van der Waals surface area contributed by atoms with Crippen LogP contribution in [0.4, 0.5) is 18.9 Å². The van der Waals surface area contributed by atoms with Gasteiger partial charge in [-0.25, -0.2) is 0 Å². The summed E-state index contributed by atoms with van der Waals surface area (Å²) in [5.74, 6) is -0.246. The fourth-order valence-corrected chi connectivity index (χ4v) is 2.30. The quantitative estimate of drug-likeness (QED) is 0.875. The minimum absolute atomic E-state index is 0.246. The molecule has 0 aliphatic heterocycles. The molecule has 7 heteroatoms. The highest BCUT2D eigenvalue weighted by Crippen LogP contribution is 2.29. The van der Waals surface area contributed by atoms with E-state index in [9.17, 15) is 18.0 Å². The Morgan fingerprint density at radius 1 is 1.15 bits per heavy atom. The van der Waals surface area contributed by atoms with Crippen LogP contribution in [0.1, 0.15) is 23.6 Å². The molecule has 0 bridgehead atoms. The standard InChI is InChI=1S/C19H18F3N3O/c1-13(18(26)24-17-9-5-14(11-23)6-10-17)25(2)12-15-3-7-16(8-4-15)19(20,21)22/h3-10,13H,12H2,1-2H3,(H,24,26)/t13-/m0/s1. The Balaban J connectivity index is 1.96. The third kappa shape index (κ3) is 5.07. The molecule has 0 aliphatic rings. The van der Waals surface area contributed by atoms with Gasteiger partial charge in [0, 0.05) is 12.2 Å². The van der Waals surface area contributed by atoms with Gasteiger partial charge in [0.1, 0.15) is 0 Å². The summed E-state index contributed by atoms with van der Waals surface area (Å²) in [5.41, 5.74) is 1.05. The molecule has 136 valence electrons. The van der Waals surface area contributed by atoms with E-state index in [1.807, 2.05) is 6.07 Å². The maximum Gasteiger partial charge on any atom is 0.416 e. The number of rotatable bonds is 5. The van der Waals surface area contributed by atoms with E-state index in [0.717, 1.165) is 12.1 Å². The zero-order valence-electron chi connectivity index (χ0n) is 14.3. The second-order valence-corrected chi connectivity index (χ2v) is 5.96. The van der Waals surface area contributed by atoms with E-state index in [4.69, 9.17) is 5.26 Å². The summed E-state index contributed by atoms with van der Waals surface area (Å²) < 4.78 is 37.8. The minimum Gasteiger partial charge on any atom is -0.325 e. The fourth-order valence-electron chi connectivity index (χ4n) is 2.30. The fraction of sp³-hybridized carbons (Fsp3) is 0.263. The topological polar surface area (TPSA) is 56.1 Å². The number of anilines is 1. The lowest BCUT2D eigenvalue weighted by Crippen LogP contribution is -2.39. The van der Waals surface area contributed by atoms with E-state index >= 15 is 0 Å². The summed E-state index contributed by atoms with van der Waals surface area (Å²) in [6.07, 6.45) is -4.36. The lowest BCUT2D eigenvalue weighted by Gasteiger charge is -2.24. The summed E-state index contributed by atoms with van der Waals surface area (Å²) in [6.45, 7) is 2.04. The zero-order chi connectivity index (χ0) is 19.3. The van der Waals surface area contributed by atoms with Crippen LogP contribution in [0.25, 0.3) is 0 Å². The molecule has 0 spiro atoms. The molecule has 0 saturated heterocycles. The van der Waals surface area contributed by atoms with Crippen LogP contribution < -0.4 is 5.32 Å². The first-order chi connectivity index (χ1) is 12.2. The number of amides is 1. The summed E-state index contributed by atoms with van der Waals surface area (Å²) in [5, 5.41) is 11.5. The van der Waals surface area contributed by atoms with E-state index in [-0.39, 0.29) is 5.91 Å². The third-order valence-corrected chi connectivity index (χ3v) is 4.04. The highest BCUT2D eigenvalue weighted by atomic mass is 19.4. The highest BCUT2D eigenvalue weighted by Gasteiger charge is 2.30. The number of likely N-dealkylation sites (N-methyl/N-ethyl adjacent to an activating group) is 1. The van der Waals surface area contributed by atoms with Gasteiger partial charge < -0.3 is 5.32 Å². The Labute approximate surface area is 149 Å². The van der Waals surface area contributed by atoms with Crippen molar-refractivity contribution in [1.82, 2.24) is 4.90 Å². The Bertz CT molecular complexity index is 793. The van der Waals surface area contributed by atoms with Gasteiger partial charge in [-0.3, -0.25) is 9.69 Å². The Kier molecular flexibility index (Phi) is 6.01. The smallest absolute Gasteiger partial charge is 0.325 e. The maximum atomic E-state index is 12.6. The van der Waals surface area contributed by atoms with Crippen molar-refractivity contribution in [2.24, 2.45) is 0 Å². The molecule has 2 rings (SSSR count). The van der Waals surface area contributed by atoms with Gasteiger partial charge in [-0.15, -0.1) is 0 Å². The average molecular weight is 361 g/mol. The van der Waals surface area contributed by atoms with Gasteiger partial charge in [-0.2, -0.15) is 18.4 Å². The van der Waals surface area contributed by atoms with Crippen molar-refractivity contribution in [3.8, 4) is 6.07 Å². The SMILES string of the molecule is C[C@@H](C(=O)Nc1ccc(C#N)cc1)N(C)Cc1ccc(C(F)(F)F)cc1. The van der Waals surface area contributed by atoms with Crippen molar-refractivity contribution in [2.45, 2.75) is 25.7 Å². The molecule has 0 fully saturated rings. The Morgan fingerprint density at radius 3 is 2.23 bits per heavy atom. The minimum atomic E-state index is -4.36. The van der Waals surface area contributed by atoms with Gasteiger partial charge >= 0.3 is 6.18 Å². The molecular weight excluding hydrogens is 343 g/mol. The molecule has 0 unspecified atom stereocenters. The van der Waals surface area contributed by atoms with E-state index in [0.29, 0.717) is 23.4 Å². The van der Waals surface area contributed by atoms with Gasteiger partial charge in [0.15, 0.2) is 0 Å². The van der Waals surface area contributed by atoms with Crippen LogP contribution in [0.2, 0.25) is 0 Å². The van der Waals surface area contributed by atoms with Crippen LogP contribution in [0.3, 0.4) is 0 Å². The van der Waals surface area contributed by atoms with E-state index in [2.05, 4.69) is 5.32 Å². The number of alkyl halides is 3. The lowest BCUT2D eigenvalue weighted by molar-refractivity contribution is -0.137. The number of nitriles is 1. The van der Waals surface area contributed by atoms with Crippen LogP contribution in [-0.2, 0) is 17.5 Å². The maximum absolute atomic E-state index is 12.6. The molecule has 1 atom stereocenters. The first-order valence-electron chi connectivity index (χ1n) is 7.88. The molecule has 2 aromatic rings. The van der Waals surface area contributed by atoms with Crippen LogP contribution in [-0.4, -0.2) is 23.9 Å². The molecule has 0 aliphatic carbocycles. The van der Waals surface area contributed by atoms with Crippen molar-refractivity contribution in [1.29, 1.82) is 5.26 Å². The highest BCUT2D eigenvalue weighted by molar-refractivity contribution is 5.94. The molecule has 0 saturated carbocycles. The number of nitrogens with one attached hydrogen (secondary N) is 1. The molecule has 4 nitrogen and oxygen atoms in total. The van der Waals surface area contributed by atoms with Gasteiger partial charge in [-0.1, -0.05) is 12.1 Å². The van der Waals surface area contributed by atoms with Crippen molar-refractivity contribution >= 4 is 11.6 Å². The average Bonchev–Trinajstić information content (AvgIpc) is 2.61. The molecule has 26 heavy (non-hydrogen) atoms. The zero-order valence-corrected chi connectivity index (χ0v) is 14.3. The van der Waals surface area contributed by atoms with Crippen LogP contribution in [0, 0.1) is 11.3 Å². The number of hydrogen-bond donors (Lipinski definition) is 1. The molecule has 1 N–H and O–H groups in total. The van der Waals surface area contributed by atoms with Crippen LogP contribution in [0.15, 0.2) is 48.5 Å². The van der Waals surface area contributed by atoms with E-state index < -0.39 is 17.8 Å². The number of benzene rings is 2. The molecule has 1 amide bonds. The number of hydrogen-bond acceptors (Lipinski definition) is 3. The van der Waals surface area contributed by atoms with E-state index in [1.165, 1.54) is 12.1 Å². The van der Waals surface area contributed by atoms with Crippen molar-refractivity contribution < 1.29 is 18.0 Å². The molecular formula is C19H18F3N3O. The van der Waals surface area contributed by atoms with Gasteiger partial charge in [0.2, 0.25) is 5.91 Å². The molecule has 0 aromatic heterocycles. The Morgan fingerprint density at radius 2 is 1.73 bits per heavy atom. The normalized spacial score (nSPS) is 12.5.